The fourth-order valence-corrected chi connectivity index (χ4v) is 4.59. The second kappa shape index (κ2) is 2.88. The molecule has 15 heavy (non-hydrogen) atoms. The number of hydrogen-bond donors (Lipinski definition) is 2. The third kappa shape index (κ3) is 1.27. The number of rotatable bonds is 1. The molecule has 84 valence electrons. The third-order valence-corrected chi connectivity index (χ3v) is 4.75. The Balaban J connectivity index is 1.89. The lowest BCUT2D eigenvalue weighted by Gasteiger charge is -2.58. The molecule has 4 heteroatoms. The predicted molar refractivity (Wildman–Crippen MR) is 56.5 cm³/mol. The number of hydrazine groups is 1. The van der Waals surface area contributed by atoms with Crippen LogP contribution < -0.4 is 11.6 Å². The number of amides is 2. The number of nitrogens with zero attached hydrogens (tertiary/aromatic N) is 1. The number of primary amides is 1. The van der Waals surface area contributed by atoms with Gasteiger partial charge in [0.25, 0.3) is 0 Å². The van der Waals surface area contributed by atoms with Gasteiger partial charge >= 0.3 is 6.03 Å². The lowest BCUT2D eigenvalue weighted by molar-refractivity contribution is -0.0697. The van der Waals surface area contributed by atoms with Crippen LogP contribution in [-0.4, -0.2) is 16.6 Å². The van der Waals surface area contributed by atoms with E-state index in [0.29, 0.717) is 0 Å². The highest BCUT2D eigenvalue weighted by Gasteiger charge is 2.54. The first-order chi connectivity index (χ1) is 7.09. The van der Waals surface area contributed by atoms with Crippen LogP contribution in [0.4, 0.5) is 4.79 Å². The maximum atomic E-state index is 11.2. The van der Waals surface area contributed by atoms with Crippen molar-refractivity contribution in [2.75, 3.05) is 0 Å². The standard InChI is InChI=1S/C11H19N3O/c12-10(15)14(13)11-4-7-1-8(5-11)3-9(2-7)6-11/h7-9H,1-6,13H2,(H2,12,15). The normalized spacial score (nSPS) is 46.9. The lowest BCUT2D eigenvalue weighted by Crippen LogP contribution is -2.65. The average molecular weight is 209 g/mol. The van der Waals surface area contributed by atoms with Crippen molar-refractivity contribution in [3.63, 3.8) is 0 Å². The molecule has 4 N–H and O–H groups in total. The van der Waals surface area contributed by atoms with Gasteiger partial charge in [-0.2, -0.15) is 0 Å². The molecule has 0 radical (unpaired) electrons. The van der Waals surface area contributed by atoms with Crippen molar-refractivity contribution in [2.45, 2.75) is 44.1 Å². The molecule has 4 fully saturated rings. The van der Waals surface area contributed by atoms with Gasteiger partial charge in [-0.25, -0.2) is 10.6 Å². The van der Waals surface area contributed by atoms with Crippen molar-refractivity contribution in [3.05, 3.63) is 0 Å². The molecule has 0 aromatic rings. The Morgan fingerprint density at radius 2 is 1.47 bits per heavy atom. The topological polar surface area (TPSA) is 72.4 Å². The van der Waals surface area contributed by atoms with E-state index >= 15 is 0 Å². The fraction of sp³-hybridized carbons (Fsp3) is 0.909. The van der Waals surface area contributed by atoms with Crippen LogP contribution in [0.1, 0.15) is 38.5 Å². The first-order valence-corrected chi connectivity index (χ1v) is 5.93. The summed E-state index contributed by atoms with van der Waals surface area (Å²) in [5, 5.41) is 1.34. The monoisotopic (exact) mass is 209 g/mol. The zero-order valence-corrected chi connectivity index (χ0v) is 8.98. The van der Waals surface area contributed by atoms with E-state index in [9.17, 15) is 4.79 Å². The summed E-state index contributed by atoms with van der Waals surface area (Å²) in [4.78, 5) is 11.2. The van der Waals surface area contributed by atoms with Gasteiger partial charge in [0, 0.05) is 0 Å². The quantitative estimate of drug-likeness (QED) is 0.387. The number of urea groups is 1. The summed E-state index contributed by atoms with van der Waals surface area (Å²) in [5.74, 6) is 8.25. The van der Waals surface area contributed by atoms with Crippen LogP contribution in [0, 0.1) is 17.8 Å². The van der Waals surface area contributed by atoms with Crippen LogP contribution in [0.2, 0.25) is 0 Å². The summed E-state index contributed by atoms with van der Waals surface area (Å²) in [5.41, 5.74) is 5.24. The highest BCUT2D eigenvalue weighted by atomic mass is 16.2. The highest BCUT2D eigenvalue weighted by Crippen LogP contribution is 2.57. The van der Waals surface area contributed by atoms with E-state index < -0.39 is 6.03 Å². The third-order valence-electron chi connectivity index (χ3n) is 4.75. The summed E-state index contributed by atoms with van der Waals surface area (Å²) in [6, 6.07) is -0.461. The first-order valence-electron chi connectivity index (χ1n) is 5.93. The van der Waals surface area contributed by atoms with Crippen LogP contribution in [0.25, 0.3) is 0 Å². The fourth-order valence-electron chi connectivity index (χ4n) is 4.59. The van der Waals surface area contributed by atoms with E-state index in [0.717, 1.165) is 37.0 Å². The van der Waals surface area contributed by atoms with Crippen molar-refractivity contribution in [3.8, 4) is 0 Å². The molecule has 0 aromatic heterocycles. The summed E-state index contributed by atoms with van der Waals surface area (Å²) < 4.78 is 0. The van der Waals surface area contributed by atoms with E-state index in [2.05, 4.69) is 0 Å². The van der Waals surface area contributed by atoms with Crippen molar-refractivity contribution in [1.29, 1.82) is 0 Å². The second-order valence-electron chi connectivity index (χ2n) is 5.85. The molecule has 4 rings (SSSR count). The Bertz CT molecular complexity index is 267. The van der Waals surface area contributed by atoms with Gasteiger partial charge in [0.2, 0.25) is 0 Å². The van der Waals surface area contributed by atoms with Crippen LogP contribution >= 0.6 is 0 Å². The van der Waals surface area contributed by atoms with Crippen LogP contribution in [-0.2, 0) is 0 Å². The maximum Gasteiger partial charge on any atom is 0.329 e. The van der Waals surface area contributed by atoms with Crippen LogP contribution in [0.15, 0.2) is 0 Å². The number of nitrogens with two attached hydrogens (primary N) is 2. The van der Waals surface area contributed by atoms with Crippen LogP contribution in [0.3, 0.4) is 0 Å². The predicted octanol–water partition coefficient (Wildman–Crippen LogP) is 1.21. The second-order valence-corrected chi connectivity index (χ2v) is 5.85. The Morgan fingerprint density at radius 1 is 1.07 bits per heavy atom. The molecule has 4 saturated carbocycles. The minimum absolute atomic E-state index is 0.0828. The minimum Gasteiger partial charge on any atom is -0.350 e. The Morgan fingerprint density at radius 3 is 1.80 bits per heavy atom. The van der Waals surface area contributed by atoms with Gasteiger partial charge in [-0.15, -0.1) is 0 Å². The van der Waals surface area contributed by atoms with Gasteiger partial charge in [0.05, 0.1) is 5.54 Å². The Hall–Kier alpha value is -0.770. The van der Waals surface area contributed by atoms with Crippen LogP contribution in [0.5, 0.6) is 0 Å². The Kier molecular flexibility index (Phi) is 1.81. The number of hydrogen-bond acceptors (Lipinski definition) is 2. The number of carbonyl (C=O) groups is 1. The van der Waals surface area contributed by atoms with Gasteiger partial charge < -0.3 is 5.73 Å². The largest absolute Gasteiger partial charge is 0.350 e. The van der Waals surface area contributed by atoms with Gasteiger partial charge in [-0.3, -0.25) is 5.01 Å². The highest BCUT2D eigenvalue weighted by molar-refractivity contribution is 5.72. The lowest BCUT2D eigenvalue weighted by atomic mass is 9.53. The molecule has 0 saturated heterocycles. The maximum absolute atomic E-state index is 11.2. The van der Waals surface area contributed by atoms with Crippen molar-refractivity contribution < 1.29 is 4.79 Å². The molecular formula is C11H19N3O. The van der Waals surface area contributed by atoms with Crippen molar-refractivity contribution in [2.24, 2.45) is 29.3 Å². The molecule has 0 unspecified atom stereocenters. The minimum atomic E-state index is -0.461. The molecule has 0 aliphatic heterocycles. The molecule has 4 aliphatic carbocycles. The van der Waals surface area contributed by atoms with E-state index in [4.69, 9.17) is 11.6 Å². The van der Waals surface area contributed by atoms with Gasteiger partial charge in [0.15, 0.2) is 0 Å². The van der Waals surface area contributed by atoms with E-state index in [1.807, 2.05) is 0 Å². The molecule has 4 bridgehead atoms. The van der Waals surface area contributed by atoms with E-state index in [-0.39, 0.29) is 5.54 Å². The zero-order chi connectivity index (χ0) is 10.6. The summed E-state index contributed by atoms with van der Waals surface area (Å²) in [6.07, 6.45) is 7.30. The average Bonchev–Trinajstić information content (AvgIpc) is 2.14. The molecule has 0 aromatic carbocycles. The SMILES string of the molecule is NC(=O)N(N)C12CC3CC(CC(C3)C1)C2. The van der Waals surface area contributed by atoms with Gasteiger partial charge in [-0.05, 0) is 56.3 Å². The molecular weight excluding hydrogens is 190 g/mol. The van der Waals surface area contributed by atoms with E-state index in [1.54, 1.807) is 0 Å². The molecule has 4 aliphatic rings. The molecule has 0 spiro atoms. The van der Waals surface area contributed by atoms with Crippen molar-refractivity contribution in [1.82, 2.24) is 5.01 Å². The Labute approximate surface area is 89.9 Å². The molecule has 2 amide bonds. The number of carbonyl (C=O) groups excluding carboxylic acids is 1. The first kappa shape index (κ1) is 9.46. The smallest absolute Gasteiger partial charge is 0.329 e. The van der Waals surface area contributed by atoms with E-state index in [1.165, 1.54) is 24.3 Å². The molecule has 4 nitrogen and oxygen atoms in total. The summed E-state index contributed by atoms with van der Waals surface area (Å²) in [6.45, 7) is 0. The van der Waals surface area contributed by atoms with Gasteiger partial charge in [0.1, 0.15) is 0 Å². The van der Waals surface area contributed by atoms with Crippen molar-refractivity contribution >= 4 is 6.03 Å². The molecule has 0 atom stereocenters. The molecule has 0 heterocycles. The summed E-state index contributed by atoms with van der Waals surface area (Å²) in [7, 11) is 0. The zero-order valence-electron chi connectivity index (χ0n) is 8.98. The summed E-state index contributed by atoms with van der Waals surface area (Å²) >= 11 is 0. The van der Waals surface area contributed by atoms with Gasteiger partial charge in [-0.1, -0.05) is 0 Å².